The van der Waals surface area contributed by atoms with Crippen molar-refractivity contribution in [2.75, 3.05) is 12.4 Å². The van der Waals surface area contributed by atoms with Crippen molar-refractivity contribution in [3.05, 3.63) is 58.7 Å². The van der Waals surface area contributed by atoms with Crippen molar-refractivity contribution >= 4 is 5.69 Å². The van der Waals surface area contributed by atoms with Gasteiger partial charge in [-0.2, -0.15) is 0 Å². The second kappa shape index (κ2) is 5.80. The van der Waals surface area contributed by atoms with Gasteiger partial charge in [-0.1, -0.05) is 30.3 Å². The molecule has 0 bridgehead atoms. The van der Waals surface area contributed by atoms with E-state index in [0.717, 1.165) is 23.9 Å². The van der Waals surface area contributed by atoms with Crippen LogP contribution in [0.15, 0.2) is 36.4 Å². The normalized spacial score (nSPS) is 14.0. The maximum Gasteiger partial charge on any atom is 0.126 e. The highest BCUT2D eigenvalue weighted by Gasteiger charge is 2.23. The summed E-state index contributed by atoms with van der Waals surface area (Å²) in [6, 6.07) is 13.2. The first kappa shape index (κ1) is 14.0. The standard InChI is InChI=1S/C19H23NO/c1-13-7-10-18(14(2)19(13)21-3)20-12-15-5-4-6-17(11-15)16-8-9-16/h4-7,10-11,16,20H,8-9,12H2,1-3H3. The van der Waals surface area contributed by atoms with Crippen LogP contribution >= 0.6 is 0 Å². The molecule has 110 valence electrons. The molecule has 3 rings (SSSR count). The predicted octanol–water partition coefficient (Wildman–Crippen LogP) is 4.80. The van der Waals surface area contributed by atoms with Gasteiger partial charge in [0.2, 0.25) is 0 Å². The first-order valence-corrected chi connectivity index (χ1v) is 7.66. The van der Waals surface area contributed by atoms with Gasteiger partial charge in [0.05, 0.1) is 7.11 Å². The Morgan fingerprint density at radius 1 is 1.14 bits per heavy atom. The van der Waals surface area contributed by atoms with Crippen molar-refractivity contribution in [1.29, 1.82) is 0 Å². The van der Waals surface area contributed by atoms with E-state index in [1.54, 1.807) is 7.11 Å². The first-order chi connectivity index (χ1) is 10.2. The lowest BCUT2D eigenvalue weighted by molar-refractivity contribution is 0.409. The van der Waals surface area contributed by atoms with E-state index in [4.69, 9.17) is 4.74 Å². The lowest BCUT2D eigenvalue weighted by atomic mass is 10.1. The number of rotatable bonds is 5. The Morgan fingerprint density at radius 3 is 2.67 bits per heavy atom. The van der Waals surface area contributed by atoms with Crippen LogP contribution < -0.4 is 10.1 Å². The number of nitrogens with one attached hydrogen (secondary N) is 1. The average Bonchev–Trinajstić information content (AvgIpc) is 3.32. The zero-order chi connectivity index (χ0) is 14.8. The summed E-state index contributed by atoms with van der Waals surface area (Å²) in [6.07, 6.45) is 2.70. The van der Waals surface area contributed by atoms with Gasteiger partial charge in [-0.3, -0.25) is 0 Å². The predicted molar refractivity (Wildman–Crippen MR) is 88.2 cm³/mol. The molecule has 0 aliphatic heterocycles. The highest BCUT2D eigenvalue weighted by molar-refractivity contribution is 5.59. The monoisotopic (exact) mass is 281 g/mol. The Balaban J connectivity index is 1.74. The number of anilines is 1. The summed E-state index contributed by atoms with van der Waals surface area (Å²) in [5.74, 6) is 1.79. The van der Waals surface area contributed by atoms with Crippen LogP contribution in [-0.4, -0.2) is 7.11 Å². The maximum absolute atomic E-state index is 5.49. The van der Waals surface area contributed by atoms with E-state index in [9.17, 15) is 0 Å². The third-order valence-electron chi connectivity index (χ3n) is 4.29. The summed E-state index contributed by atoms with van der Waals surface area (Å²) in [5, 5.41) is 3.54. The third-order valence-corrected chi connectivity index (χ3v) is 4.29. The topological polar surface area (TPSA) is 21.3 Å². The van der Waals surface area contributed by atoms with Gasteiger partial charge in [0.25, 0.3) is 0 Å². The van der Waals surface area contributed by atoms with E-state index < -0.39 is 0 Å². The van der Waals surface area contributed by atoms with Crippen molar-refractivity contribution in [2.45, 2.75) is 39.2 Å². The van der Waals surface area contributed by atoms with E-state index in [1.807, 2.05) is 0 Å². The summed E-state index contributed by atoms with van der Waals surface area (Å²) in [4.78, 5) is 0. The van der Waals surface area contributed by atoms with E-state index >= 15 is 0 Å². The molecular weight excluding hydrogens is 258 g/mol. The second-order valence-corrected chi connectivity index (χ2v) is 5.96. The van der Waals surface area contributed by atoms with Gasteiger partial charge in [0, 0.05) is 17.8 Å². The van der Waals surface area contributed by atoms with Crippen molar-refractivity contribution < 1.29 is 4.74 Å². The van der Waals surface area contributed by atoms with Crippen LogP contribution in [0.25, 0.3) is 0 Å². The van der Waals surface area contributed by atoms with Crippen molar-refractivity contribution in [1.82, 2.24) is 0 Å². The third kappa shape index (κ3) is 3.05. The molecule has 2 aromatic carbocycles. The van der Waals surface area contributed by atoms with Gasteiger partial charge in [-0.25, -0.2) is 0 Å². The molecule has 21 heavy (non-hydrogen) atoms. The summed E-state index contributed by atoms with van der Waals surface area (Å²) < 4.78 is 5.49. The van der Waals surface area contributed by atoms with Gasteiger partial charge in [0.15, 0.2) is 0 Å². The van der Waals surface area contributed by atoms with Gasteiger partial charge < -0.3 is 10.1 Å². The van der Waals surface area contributed by atoms with Crippen LogP contribution in [0.3, 0.4) is 0 Å². The van der Waals surface area contributed by atoms with Gasteiger partial charge >= 0.3 is 0 Å². The molecule has 2 heteroatoms. The summed E-state index contributed by atoms with van der Waals surface area (Å²) >= 11 is 0. The zero-order valence-electron chi connectivity index (χ0n) is 13.1. The fourth-order valence-electron chi connectivity index (χ4n) is 2.90. The molecule has 2 nitrogen and oxygen atoms in total. The average molecular weight is 281 g/mol. The zero-order valence-corrected chi connectivity index (χ0v) is 13.1. The largest absolute Gasteiger partial charge is 0.496 e. The highest BCUT2D eigenvalue weighted by atomic mass is 16.5. The molecule has 1 saturated carbocycles. The molecule has 0 saturated heterocycles. The first-order valence-electron chi connectivity index (χ1n) is 7.66. The molecule has 0 atom stereocenters. The summed E-state index contributed by atoms with van der Waals surface area (Å²) in [7, 11) is 1.73. The van der Waals surface area contributed by atoms with Gasteiger partial charge in [-0.15, -0.1) is 0 Å². The molecule has 0 spiro atoms. The smallest absolute Gasteiger partial charge is 0.126 e. The van der Waals surface area contributed by atoms with Crippen LogP contribution in [-0.2, 0) is 6.54 Å². The minimum atomic E-state index is 0.811. The van der Waals surface area contributed by atoms with E-state index in [2.05, 4.69) is 55.6 Å². The Hall–Kier alpha value is -1.96. The molecule has 0 heterocycles. The lowest BCUT2D eigenvalue weighted by Crippen LogP contribution is -2.03. The number of ether oxygens (including phenoxy) is 1. The number of aryl methyl sites for hydroxylation is 1. The van der Waals surface area contributed by atoms with E-state index in [0.29, 0.717) is 0 Å². The Kier molecular flexibility index (Phi) is 3.87. The number of benzene rings is 2. The van der Waals surface area contributed by atoms with Crippen LogP contribution in [0.5, 0.6) is 5.75 Å². The van der Waals surface area contributed by atoms with Crippen molar-refractivity contribution in [3.8, 4) is 5.75 Å². The molecule has 1 aliphatic rings. The van der Waals surface area contributed by atoms with E-state index in [-0.39, 0.29) is 0 Å². The number of hydrogen-bond donors (Lipinski definition) is 1. The second-order valence-electron chi connectivity index (χ2n) is 5.96. The number of hydrogen-bond acceptors (Lipinski definition) is 2. The highest BCUT2D eigenvalue weighted by Crippen LogP contribution is 2.40. The summed E-state index contributed by atoms with van der Waals surface area (Å²) in [5.41, 5.74) is 6.34. The SMILES string of the molecule is COc1c(C)ccc(NCc2cccc(C3CC3)c2)c1C. The fourth-order valence-corrected chi connectivity index (χ4v) is 2.90. The number of methoxy groups -OCH3 is 1. The Bertz CT molecular complexity index is 644. The molecule has 0 radical (unpaired) electrons. The Labute approximate surface area is 127 Å². The lowest BCUT2D eigenvalue weighted by Gasteiger charge is -2.15. The molecule has 1 aliphatic carbocycles. The minimum absolute atomic E-state index is 0.811. The minimum Gasteiger partial charge on any atom is -0.496 e. The van der Waals surface area contributed by atoms with Gasteiger partial charge in [0.1, 0.15) is 5.75 Å². The van der Waals surface area contributed by atoms with Crippen LogP contribution in [0, 0.1) is 13.8 Å². The molecule has 0 amide bonds. The molecule has 2 aromatic rings. The molecule has 1 N–H and O–H groups in total. The van der Waals surface area contributed by atoms with E-state index in [1.165, 1.54) is 35.1 Å². The molecule has 1 fully saturated rings. The van der Waals surface area contributed by atoms with Crippen LogP contribution in [0.1, 0.15) is 41.0 Å². The van der Waals surface area contributed by atoms with Crippen LogP contribution in [0.2, 0.25) is 0 Å². The van der Waals surface area contributed by atoms with Crippen LogP contribution in [0.4, 0.5) is 5.69 Å². The maximum atomic E-state index is 5.49. The fraction of sp³-hybridized carbons (Fsp3) is 0.368. The molecule has 0 aromatic heterocycles. The quantitative estimate of drug-likeness (QED) is 0.850. The Morgan fingerprint density at radius 2 is 1.95 bits per heavy atom. The van der Waals surface area contributed by atoms with Gasteiger partial charge in [-0.05, 0) is 55.4 Å². The molecular formula is C19H23NO. The van der Waals surface area contributed by atoms with Crippen molar-refractivity contribution in [3.63, 3.8) is 0 Å². The van der Waals surface area contributed by atoms with Crippen molar-refractivity contribution in [2.24, 2.45) is 0 Å². The molecule has 0 unspecified atom stereocenters. The summed E-state index contributed by atoms with van der Waals surface area (Å²) in [6.45, 7) is 5.04.